The van der Waals surface area contributed by atoms with Crippen LogP contribution >= 0.6 is 0 Å². The Bertz CT molecular complexity index is 1070. The summed E-state index contributed by atoms with van der Waals surface area (Å²) in [5.74, 6) is -0.0981. The molecular weight excluding hydrogens is 340 g/mol. The summed E-state index contributed by atoms with van der Waals surface area (Å²) in [4.78, 5) is 12.4. The van der Waals surface area contributed by atoms with Crippen LogP contribution in [0.15, 0.2) is 60.9 Å². The molecule has 7 heteroatoms. The number of amides is 1. The van der Waals surface area contributed by atoms with Gasteiger partial charge in [0, 0.05) is 29.9 Å². The van der Waals surface area contributed by atoms with Gasteiger partial charge in [0.2, 0.25) is 0 Å². The molecule has 27 heavy (non-hydrogen) atoms. The van der Waals surface area contributed by atoms with E-state index in [1.807, 2.05) is 12.1 Å². The SMILES string of the molecule is Cc1cc2ccccc2n1CCCNC(=O)c1cccc(-n2cnnn2)c1. The van der Waals surface area contributed by atoms with Gasteiger partial charge < -0.3 is 9.88 Å². The fourth-order valence-electron chi connectivity index (χ4n) is 3.26. The summed E-state index contributed by atoms with van der Waals surface area (Å²) in [6.45, 7) is 3.59. The fourth-order valence-corrected chi connectivity index (χ4v) is 3.26. The zero-order chi connectivity index (χ0) is 18.6. The van der Waals surface area contributed by atoms with Gasteiger partial charge in [-0.3, -0.25) is 4.79 Å². The summed E-state index contributed by atoms with van der Waals surface area (Å²) in [6, 6.07) is 17.8. The van der Waals surface area contributed by atoms with E-state index >= 15 is 0 Å². The molecule has 0 radical (unpaired) electrons. The fraction of sp³-hybridized carbons (Fsp3) is 0.200. The monoisotopic (exact) mass is 360 g/mol. The molecule has 0 aliphatic heterocycles. The van der Waals surface area contributed by atoms with Crippen molar-refractivity contribution in [3.8, 4) is 5.69 Å². The van der Waals surface area contributed by atoms with Crippen LogP contribution in [0.25, 0.3) is 16.6 Å². The van der Waals surface area contributed by atoms with Gasteiger partial charge in [-0.25, -0.2) is 4.68 Å². The van der Waals surface area contributed by atoms with E-state index in [0.29, 0.717) is 12.1 Å². The number of carbonyl (C=O) groups is 1. The topological polar surface area (TPSA) is 77.6 Å². The average Bonchev–Trinajstić information content (AvgIpc) is 3.33. The molecule has 0 unspecified atom stereocenters. The molecule has 0 spiro atoms. The van der Waals surface area contributed by atoms with Crippen LogP contribution in [0.3, 0.4) is 0 Å². The molecular formula is C20H20N6O. The van der Waals surface area contributed by atoms with E-state index in [1.54, 1.807) is 12.1 Å². The smallest absolute Gasteiger partial charge is 0.251 e. The van der Waals surface area contributed by atoms with Crippen molar-refractivity contribution in [2.24, 2.45) is 0 Å². The van der Waals surface area contributed by atoms with Crippen molar-refractivity contribution in [2.45, 2.75) is 19.9 Å². The van der Waals surface area contributed by atoms with Crippen molar-refractivity contribution >= 4 is 16.8 Å². The lowest BCUT2D eigenvalue weighted by atomic mass is 10.2. The molecule has 4 aromatic rings. The molecule has 0 fully saturated rings. The number of aromatic nitrogens is 5. The minimum atomic E-state index is -0.0981. The number of fused-ring (bicyclic) bond motifs is 1. The molecule has 4 rings (SSSR count). The Balaban J connectivity index is 1.36. The molecule has 0 saturated carbocycles. The molecule has 2 aromatic carbocycles. The first-order valence-corrected chi connectivity index (χ1v) is 8.89. The molecule has 0 bridgehead atoms. The van der Waals surface area contributed by atoms with E-state index in [-0.39, 0.29) is 5.91 Å². The number of hydrogen-bond acceptors (Lipinski definition) is 4. The number of nitrogens with one attached hydrogen (secondary N) is 1. The van der Waals surface area contributed by atoms with Crippen LogP contribution in [0.1, 0.15) is 22.5 Å². The summed E-state index contributed by atoms with van der Waals surface area (Å²) in [5.41, 5.74) is 3.81. The number of benzene rings is 2. The minimum absolute atomic E-state index is 0.0981. The maximum absolute atomic E-state index is 12.4. The Labute approximate surface area is 156 Å². The molecule has 2 heterocycles. The van der Waals surface area contributed by atoms with E-state index in [1.165, 1.54) is 27.6 Å². The van der Waals surface area contributed by atoms with Gasteiger partial charge in [-0.15, -0.1) is 5.10 Å². The lowest BCUT2D eigenvalue weighted by Crippen LogP contribution is -2.25. The van der Waals surface area contributed by atoms with Crippen LogP contribution < -0.4 is 5.32 Å². The number of aryl methyl sites for hydroxylation is 2. The third-order valence-corrected chi connectivity index (χ3v) is 4.58. The standard InChI is InChI=1S/C20H20N6O/c1-15-12-16-6-2-3-9-19(16)25(15)11-5-10-21-20(27)17-7-4-8-18(13-17)26-14-22-23-24-26/h2-4,6-9,12-14H,5,10-11H2,1H3,(H,21,27). The van der Waals surface area contributed by atoms with Gasteiger partial charge in [0.15, 0.2) is 0 Å². The summed E-state index contributed by atoms with van der Waals surface area (Å²) in [7, 11) is 0. The Morgan fingerprint density at radius 2 is 2.00 bits per heavy atom. The van der Waals surface area contributed by atoms with E-state index in [2.05, 4.69) is 62.7 Å². The van der Waals surface area contributed by atoms with Crippen LogP contribution in [0, 0.1) is 6.92 Å². The summed E-state index contributed by atoms with van der Waals surface area (Å²) < 4.78 is 3.82. The normalized spacial score (nSPS) is 11.0. The number of nitrogens with zero attached hydrogens (tertiary/aromatic N) is 5. The highest BCUT2D eigenvalue weighted by Crippen LogP contribution is 2.19. The van der Waals surface area contributed by atoms with Gasteiger partial charge in [-0.2, -0.15) is 0 Å². The second kappa shape index (κ2) is 7.41. The highest BCUT2D eigenvalue weighted by molar-refractivity contribution is 5.94. The molecule has 0 atom stereocenters. The van der Waals surface area contributed by atoms with Crippen molar-refractivity contribution in [2.75, 3.05) is 6.54 Å². The summed E-state index contributed by atoms with van der Waals surface area (Å²) in [5, 5.41) is 15.3. The molecule has 0 aliphatic carbocycles. The van der Waals surface area contributed by atoms with Gasteiger partial charge in [0.05, 0.1) is 5.69 Å². The predicted molar refractivity (Wildman–Crippen MR) is 103 cm³/mol. The number of tetrazole rings is 1. The van der Waals surface area contributed by atoms with E-state index in [9.17, 15) is 4.79 Å². The Morgan fingerprint density at radius 1 is 1.11 bits per heavy atom. The molecule has 136 valence electrons. The third kappa shape index (κ3) is 3.57. The van der Waals surface area contributed by atoms with Gasteiger partial charge in [-0.05, 0) is 59.5 Å². The quantitative estimate of drug-likeness (QED) is 0.536. The van der Waals surface area contributed by atoms with Gasteiger partial charge in [-0.1, -0.05) is 24.3 Å². The zero-order valence-electron chi connectivity index (χ0n) is 15.0. The van der Waals surface area contributed by atoms with Gasteiger partial charge in [0.25, 0.3) is 5.91 Å². The highest BCUT2D eigenvalue weighted by atomic mass is 16.1. The van der Waals surface area contributed by atoms with Crippen LogP contribution in [-0.4, -0.2) is 37.2 Å². The molecule has 2 aromatic heterocycles. The molecule has 1 amide bonds. The zero-order valence-corrected chi connectivity index (χ0v) is 15.0. The highest BCUT2D eigenvalue weighted by Gasteiger charge is 2.08. The van der Waals surface area contributed by atoms with Crippen molar-refractivity contribution in [3.63, 3.8) is 0 Å². The maximum atomic E-state index is 12.4. The van der Waals surface area contributed by atoms with Crippen molar-refractivity contribution in [1.82, 2.24) is 30.1 Å². The second-order valence-corrected chi connectivity index (χ2v) is 6.41. The van der Waals surface area contributed by atoms with Crippen LogP contribution in [0.2, 0.25) is 0 Å². The first-order valence-electron chi connectivity index (χ1n) is 8.89. The Hall–Kier alpha value is -3.48. The van der Waals surface area contributed by atoms with Crippen LogP contribution in [0.5, 0.6) is 0 Å². The minimum Gasteiger partial charge on any atom is -0.352 e. The van der Waals surface area contributed by atoms with E-state index in [4.69, 9.17) is 0 Å². The largest absolute Gasteiger partial charge is 0.352 e. The predicted octanol–water partition coefficient (Wildman–Crippen LogP) is 2.75. The Morgan fingerprint density at radius 3 is 2.85 bits per heavy atom. The number of carbonyl (C=O) groups excluding carboxylic acids is 1. The number of hydrogen-bond donors (Lipinski definition) is 1. The van der Waals surface area contributed by atoms with Crippen LogP contribution in [0.4, 0.5) is 0 Å². The van der Waals surface area contributed by atoms with Crippen molar-refractivity contribution in [1.29, 1.82) is 0 Å². The lowest BCUT2D eigenvalue weighted by molar-refractivity contribution is 0.0952. The molecule has 1 N–H and O–H groups in total. The third-order valence-electron chi connectivity index (χ3n) is 4.58. The molecule has 7 nitrogen and oxygen atoms in total. The maximum Gasteiger partial charge on any atom is 0.251 e. The van der Waals surface area contributed by atoms with Gasteiger partial charge >= 0.3 is 0 Å². The first kappa shape index (κ1) is 17.0. The average molecular weight is 360 g/mol. The van der Waals surface area contributed by atoms with Crippen molar-refractivity contribution < 1.29 is 4.79 Å². The Kier molecular flexibility index (Phi) is 4.65. The molecule has 0 saturated heterocycles. The van der Waals surface area contributed by atoms with E-state index < -0.39 is 0 Å². The van der Waals surface area contributed by atoms with Crippen LogP contribution in [-0.2, 0) is 6.54 Å². The summed E-state index contributed by atoms with van der Waals surface area (Å²) >= 11 is 0. The first-order chi connectivity index (χ1) is 13.2. The van der Waals surface area contributed by atoms with E-state index in [0.717, 1.165) is 18.7 Å². The summed E-state index contributed by atoms with van der Waals surface area (Å²) in [6.07, 6.45) is 2.36. The van der Waals surface area contributed by atoms with Crippen molar-refractivity contribution in [3.05, 3.63) is 72.2 Å². The second-order valence-electron chi connectivity index (χ2n) is 6.41. The number of rotatable bonds is 6. The van der Waals surface area contributed by atoms with Gasteiger partial charge in [0.1, 0.15) is 6.33 Å². The molecule has 0 aliphatic rings. The number of para-hydroxylation sites is 1. The lowest BCUT2D eigenvalue weighted by Gasteiger charge is -2.10.